The van der Waals surface area contributed by atoms with Crippen LogP contribution in [-0.4, -0.2) is 12.9 Å². The van der Waals surface area contributed by atoms with E-state index in [2.05, 4.69) is 6.92 Å². The summed E-state index contributed by atoms with van der Waals surface area (Å²) in [6.45, 7) is 2.84. The van der Waals surface area contributed by atoms with Crippen LogP contribution < -0.4 is 4.74 Å². The number of unbranched alkanes of at least 4 members (excludes halogenated alkanes) is 4. The smallest absolute Gasteiger partial charge is 0.153 e. The van der Waals surface area contributed by atoms with Crippen molar-refractivity contribution in [2.75, 3.05) is 6.61 Å². The lowest BCUT2D eigenvalue weighted by molar-refractivity contribution is 0.111. The maximum atomic E-state index is 10.8. The maximum absolute atomic E-state index is 10.8. The first-order valence-corrected chi connectivity index (χ1v) is 6.53. The number of hydrogen-bond acceptors (Lipinski definition) is 2. The highest BCUT2D eigenvalue weighted by atomic mass is 35.5. The summed E-state index contributed by atoms with van der Waals surface area (Å²) in [6, 6.07) is 5.07. The summed E-state index contributed by atoms with van der Waals surface area (Å²) < 4.78 is 5.57. The van der Waals surface area contributed by atoms with Crippen LogP contribution in [0.25, 0.3) is 0 Å². The van der Waals surface area contributed by atoms with Crippen molar-refractivity contribution in [3.05, 3.63) is 28.8 Å². The van der Waals surface area contributed by atoms with E-state index in [-0.39, 0.29) is 0 Å². The number of hydrogen-bond donors (Lipinski definition) is 0. The molecular weight excluding hydrogens is 236 g/mol. The zero-order chi connectivity index (χ0) is 12.5. The van der Waals surface area contributed by atoms with Gasteiger partial charge in [-0.1, -0.05) is 44.2 Å². The average Bonchev–Trinajstić information content (AvgIpc) is 2.34. The fraction of sp³-hybridized carbons (Fsp3) is 0.500. The van der Waals surface area contributed by atoms with Crippen LogP contribution in [0, 0.1) is 0 Å². The van der Waals surface area contributed by atoms with Crippen molar-refractivity contribution in [2.45, 2.75) is 39.0 Å². The highest BCUT2D eigenvalue weighted by Crippen LogP contribution is 2.22. The molecule has 0 aliphatic rings. The van der Waals surface area contributed by atoms with Gasteiger partial charge in [-0.05, 0) is 24.6 Å². The van der Waals surface area contributed by atoms with Gasteiger partial charge in [0.15, 0.2) is 6.29 Å². The number of benzene rings is 1. The van der Waals surface area contributed by atoms with E-state index in [1.165, 1.54) is 25.7 Å². The number of carbonyl (C=O) groups is 1. The number of halogens is 1. The highest BCUT2D eigenvalue weighted by molar-refractivity contribution is 6.30. The van der Waals surface area contributed by atoms with E-state index < -0.39 is 0 Å². The van der Waals surface area contributed by atoms with Crippen molar-refractivity contribution >= 4 is 17.9 Å². The Balaban J connectivity index is 2.35. The molecule has 0 atom stereocenters. The van der Waals surface area contributed by atoms with Gasteiger partial charge in [0, 0.05) is 5.02 Å². The van der Waals surface area contributed by atoms with E-state index in [0.29, 0.717) is 22.9 Å². The second kappa shape index (κ2) is 8.13. The summed E-state index contributed by atoms with van der Waals surface area (Å²) in [7, 11) is 0. The Hall–Kier alpha value is -1.02. The van der Waals surface area contributed by atoms with Crippen LogP contribution in [0.5, 0.6) is 5.75 Å². The molecule has 94 valence electrons. The van der Waals surface area contributed by atoms with Gasteiger partial charge in [0.25, 0.3) is 0 Å². The molecule has 0 fully saturated rings. The largest absolute Gasteiger partial charge is 0.493 e. The van der Waals surface area contributed by atoms with E-state index in [4.69, 9.17) is 16.3 Å². The first-order valence-electron chi connectivity index (χ1n) is 6.15. The van der Waals surface area contributed by atoms with Crippen LogP contribution in [0.15, 0.2) is 18.2 Å². The van der Waals surface area contributed by atoms with Crippen molar-refractivity contribution in [2.24, 2.45) is 0 Å². The average molecular weight is 255 g/mol. The molecule has 0 unspecified atom stereocenters. The lowest BCUT2D eigenvalue weighted by atomic mass is 10.2. The summed E-state index contributed by atoms with van der Waals surface area (Å²) in [5.41, 5.74) is 0.558. The Morgan fingerprint density at radius 3 is 2.71 bits per heavy atom. The molecule has 0 aliphatic carbocycles. The van der Waals surface area contributed by atoms with Crippen LogP contribution in [0.3, 0.4) is 0 Å². The van der Waals surface area contributed by atoms with Gasteiger partial charge in [-0.15, -0.1) is 0 Å². The van der Waals surface area contributed by atoms with E-state index >= 15 is 0 Å². The molecule has 1 rings (SSSR count). The molecule has 0 aliphatic heterocycles. The summed E-state index contributed by atoms with van der Waals surface area (Å²) in [5.74, 6) is 0.586. The number of rotatable bonds is 8. The lowest BCUT2D eigenvalue weighted by Crippen LogP contribution is -2.00. The molecule has 1 aromatic carbocycles. The predicted molar refractivity (Wildman–Crippen MR) is 71.1 cm³/mol. The minimum absolute atomic E-state index is 0.558. The summed E-state index contributed by atoms with van der Waals surface area (Å²) in [4.78, 5) is 10.8. The molecule has 0 spiro atoms. The molecule has 0 aromatic heterocycles. The molecule has 0 bridgehead atoms. The standard InChI is InChI=1S/C14H19ClO2/c1-2-3-4-5-6-9-17-14-10-13(15)8-7-12(14)11-16/h7-8,10-11H,2-6,9H2,1H3. The molecule has 17 heavy (non-hydrogen) atoms. The summed E-state index contributed by atoms with van der Waals surface area (Å²) >= 11 is 5.86. The summed E-state index contributed by atoms with van der Waals surface area (Å²) in [6.07, 6.45) is 6.75. The van der Waals surface area contributed by atoms with Crippen molar-refractivity contribution in [3.8, 4) is 5.75 Å². The van der Waals surface area contributed by atoms with E-state index in [0.717, 1.165) is 12.7 Å². The number of ether oxygens (including phenoxy) is 1. The minimum Gasteiger partial charge on any atom is -0.493 e. The number of carbonyl (C=O) groups excluding carboxylic acids is 1. The van der Waals surface area contributed by atoms with Gasteiger partial charge in [-0.2, -0.15) is 0 Å². The molecular formula is C14H19ClO2. The van der Waals surface area contributed by atoms with Gasteiger partial charge < -0.3 is 4.74 Å². The van der Waals surface area contributed by atoms with Gasteiger partial charge >= 0.3 is 0 Å². The Morgan fingerprint density at radius 1 is 1.24 bits per heavy atom. The topological polar surface area (TPSA) is 26.3 Å². The quantitative estimate of drug-likeness (QED) is 0.504. The minimum atomic E-state index is 0.558. The second-order valence-corrected chi connectivity index (χ2v) is 4.50. The van der Waals surface area contributed by atoms with Gasteiger partial charge in [-0.25, -0.2) is 0 Å². The van der Waals surface area contributed by atoms with E-state index in [9.17, 15) is 4.79 Å². The Bertz CT molecular complexity index is 350. The molecule has 0 heterocycles. The molecule has 0 saturated heterocycles. The van der Waals surface area contributed by atoms with Crippen LogP contribution in [0.1, 0.15) is 49.4 Å². The second-order valence-electron chi connectivity index (χ2n) is 4.06. The predicted octanol–water partition coefficient (Wildman–Crippen LogP) is 4.50. The van der Waals surface area contributed by atoms with Crippen molar-refractivity contribution in [3.63, 3.8) is 0 Å². The Morgan fingerprint density at radius 2 is 2.00 bits per heavy atom. The monoisotopic (exact) mass is 254 g/mol. The zero-order valence-electron chi connectivity index (χ0n) is 10.2. The fourth-order valence-corrected chi connectivity index (χ4v) is 1.78. The molecule has 2 nitrogen and oxygen atoms in total. The SMILES string of the molecule is CCCCCCCOc1cc(Cl)ccc1C=O. The van der Waals surface area contributed by atoms with Crippen molar-refractivity contribution in [1.82, 2.24) is 0 Å². The third kappa shape index (κ3) is 5.22. The molecule has 1 aromatic rings. The van der Waals surface area contributed by atoms with Gasteiger partial charge in [0.05, 0.1) is 12.2 Å². The van der Waals surface area contributed by atoms with E-state index in [1.807, 2.05) is 0 Å². The van der Waals surface area contributed by atoms with Crippen LogP contribution in [0.2, 0.25) is 5.02 Å². The Labute approximate surface area is 108 Å². The maximum Gasteiger partial charge on any atom is 0.153 e. The first-order chi connectivity index (χ1) is 8.27. The zero-order valence-corrected chi connectivity index (χ0v) is 11.0. The third-order valence-electron chi connectivity index (χ3n) is 2.61. The molecule has 0 saturated carbocycles. The van der Waals surface area contributed by atoms with Crippen LogP contribution in [0.4, 0.5) is 0 Å². The Kier molecular flexibility index (Phi) is 6.71. The van der Waals surface area contributed by atoms with Crippen LogP contribution in [-0.2, 0) is 0 Å². The van der Waals surface area contributed by atoms with Gasteiger partial charge in [0.1, 0.15) is 5.75 Å². The summed E-state index contributed by atoms with van der Waals surface area (Å²) in [5, 5.41) is 0.594. The lowest BCUT2D eigenvalue weighted by Gasteiger charge is -2.08. The molecule has 0 amide bonds. The van der Waals surface area contributed by atoms with Gasteiger partial charge in [-0.3, -0.25) is 4.79 Å². The van der Waals surface area contributed by atoms with E-state index in [1.54, 1.807) is 18.2 Å². The normalized spacial score (nSPS) is 10.2. The number of aldehydes is 1. The fourth-order valence-electron chi connectivity index (χ4n) is 1.62. The van der Waals surface area contributed by atoms with Crippen molar-refractivity contribution in [1.29, 1.82) is 0 Å². The van der Waals surface area contributed by atoms with Crippen molar-refractivity contribution < 1.29 is 9.53 Å². The van der Waals surface area contributed by atoms with Gasteiger partial charge in [0.2, 0.25) is 0 Å². The first kappa shape index (κ1) is 14.0. The van der Waals surface area contributed by atoms with Crippen LogP contribution >= 0.6 is 11.6 Å². The highest BCUT2D eigenvalue weighted by Gasteiger charge is 2.03. The third-order valence-corrected chi connectivity index (χ3v) is 2.84. The molecule has 0 N–H and O–H groups in total. The molecule has 3 heteroatoms. The molecule has 0 radical (unpaired) electrons.